The first-order chi connectivity index (χ1) is 13.2. The van der Waals surface area contributed by atoms with Gasteiger partial charge in [-0.05, 0) is 62.1 Å². The number of anilines is 2. The van der Waals surface area contributed by atoms with Crippen LogP contribution in [-0.2, 0) is 16.0 Å². The SMILES string of the molecule is Cc1cc(C)cc(N2C(=O)NC(=O)[C@]3(Cc4cc(C)ccc4N(C)C3)C2=O)c1. The molecule has 6 heteroatoms. The molecule has 0 bridgehead atoms. The second-order valence-corrected chi connectivity index (χ2v) is 7.99. The lowest BCUT2D eigenvalue weighted by Gasteiger charge is -2.45. The molecule has 1 atom stereocenters. The van der Waals surface area contributed by atoms with Crippen LogP contribution in [0.5, 0.6) is 0 Å². The fraction of sp³-hybridized carbons (Fsp3) is 0.318. The molecule has 0 aromatic heterocycles. The average molecular weight is 377 g/mol. The molecule has 6 nitrogen and oxygen atoms in total. The topological polar surface area (TPSA) is 69.7 Å². The number of hydrogen-bond donors (Lipinski definition) is 1. The second-order valence-electron chi connectivity index (χ2n) is 7.99. The van der Waals surface area contributed by atoms with Crippen molar-refractivity contribution in [3.8, 4) is 0 Å². The molecule has 0 saturated carbocycles. The molecule has 1 N–H and O–H groups in total. The van der Waals surface area contributed by atoms with Gasteiger partial charge in [-0.3, -0.25) is 14.9 Å². The minimum atomic E-state index is -1.33. The van der Waals surface area contributed by atoms with Crippen molar-refractivity contribution in [2.24, 2.45) is 5.41 Å². The van der Waals surface area contributed by atoms with Crippen molar-refractivity contribution in [2.45, 2.75) is 27.2 Å². The lowest BCUT2D eigenvalue weighted by molar-refractivity contribution is -0.142. The van der Waals surface area contributed by atoms with E-state index in [0.717, 1.165) is 32.8 Å². The normalized spacial score (nSPS) is 21.8. The van der Waals surface area contributed by atoms with E-state index >= 15 is 0 Å². The summed E-state index contributed by atoms with van der Waals surface area (Å²) in [6.07, 6.45) is 0.271. The predicted molar refractivity (Wildman–Crippen MR) is 108 cm³/mol. The summed E-state index contributed by atoms with van der Waals surface area (Å²) in [5.74, 6) is -0.993. The van der Waals surface area contributed by atoms with Crippen LogP contribution >= 0.6 is 0 Å². The summed E-state index contributed by atoms with van der Waals surface area (Å²) in [4.78, 5) is 42.2. The van der Waals surface area contributed by atoms with E-state index in [1.807, 2.05) is 57.0 Å². The standard InChI is InChI=1S/C22H23N3O3/c1-13-5-6-18-16(8-13)11-22(12-24(18)4)19(26)23-21(28)25(20(22)27)17-9-14(2)7-15(3)10-17/h5-10H,11-12H2,1-4H3,(H,23,26,28)/t22-/m1/s1. The Balaban J connectivity index is 1.82. The van der Waals surface area contributed by atoms with Gasteiger partial charge in [-0.25, -0.2) is 9.69 Å². The number of carbonyl (C=O) groups excluding carboxylic acids is 3. The largest absolute Gasteiger partial charge is 0.373 e. The summed E-state index contributed by atoms with van der Waals surface area (Å²) in [7, 11) is 1.87. The molecule has 1 spiro atoms. The molecule has 2 aliphatic heterocycles. The molecule has 1 fully saturated rings. The number of imide groups is 2. The average Bonchev–Trinajstić information content (AvgIpc) is 2.59. The highest BCUT2D eigenvalue weighted by Gasteiger charge is 2.56. The number of nitrogens with zero attached hydrogens (tertiary/aromatic N) is 2. The molecular weight excluding hydrogens is 354 g/mol. The fourth-order valence-electron chi connectivity index (χ4n) is 4.38. The number of nitrogens with one attached hydrogen (secondary N) is 1. The molecule has 4 amide bonds. The second kappa shape index (κ2) is 6.19. The highest BCUT2D eigenvalue weighted by atomic mass is 16.2. The monoisotopic (exact) mass is 377 g/mol. The van der Waals surface area contributed by atoms with Crippen molar-refractivity contribution < 1.29 is 14.4 Å². The van der Waals surface area contributed by atoms with E-state index < -0.39 is 23.3 Å². The van der Waals surface area contributed by atoms with E-state index in [9.17, 15) is 14.4 Å². The Kier molecular flexibility index (Phi) is 4.03. The summed E-state index contributed by atoms with van der Waals surface area (Å²) < 4.78 is 0. The van der Waals surface area contributed by atoms with Gasteiger partial charge in [0.15, 0.2) is 5.41 Å². The van der Waals surface area contributed by atoms with E-state index in [0.29, 0.717) is 5.69 Å². The lowest BCUT2D eigenvalue weighted by atomic mass is 9.74. The summed E-state index contributed by atoms with van der Waals surface area (Å²) in [6, 6.07) is 10.9. The molecule has 4 rings (SSSR count). The van der Waals surface area contributed by atoms with Crippen molar-refractivity contribution in [3.05, 3.63) is 58.7 Å². The Morgan fingerprint density at radius 1 is 0.929 bits per heavy atom. The summed E-state index contributed by atoms with van der Waals surface area (Å²) in [6.45, 7) is 6.03. The Morgan fingerprint density at radius 2 is 1.61 bits per heavy atom. The zero-order valence-electron chi connectivity index (χ0n) is 16.5. The number of amides is 4. The van der Waals surface area contributed by atoms with Crippen molar-refractivity contribution >= 4 is 29.2 Å². The summed E-state index contributed by atoms with van der Waals surface area (Å²) >= 11 is 0. The number of benzene rings is 2. The summed E-state index contributed by atoms with van der Waals surface area (Å²) in [5.41, 5.74) is 4.06. The van der Waals surface area contributed by atoms with Crippen LogP contribution < -0.4 is 15.1 Å². The van der Waals surface area contributed by atoms with Crippen molar-refractivity contribution in [2.75, 3.05) is 23.4 Å². The van der Waals surface area contributed by atoms with Gasteiger partial charge in [0.2, 0.25) is 5.91 Å². The molecule has 2 aliphatic rings. The van der Waals surface area contributed by atoms with Gasteiger partial charge in [0, 0.05) is 19.3 Å². The van der Waals surface area contributed by atoms with E-state index in [2.05, 4.69) is 5.32 Å². The molecule has 0 aliphatic carbocycles. The smallest absolute Gasteiger partial charge is 0.335 e. The van der Waals surface area contributed by atoms with Gasteiger partial charge in [0.05, 0.1) is 5.69 Å². The third-order valence-corrected chi connectivity index (χ3v) is 5.58. The van der Waals surface area contributed by atoms with Gasteiger partial charge in [-0.15, -0.1) is 0 Å². The van der Waals surface area contributed by atoms with Gasteiger partial charge in [-0.1, -0.05) is 23.8 Å². The number of aryl methyl sites for hydroxylation is 3. The van der Waals surface area contributed by atoms with Crippen LogP contribution in [0.3, 0.4) is 0 Å². The lowest BCUT2D eigenvalue weighted by Crippen LogP contribution is -2.68. The Labute approximate surface area is 164 Å². The molecule has 1 saturated heterocycles. The number of fused-ring (bicyclic) bond motifs is 1. The van der Waals surface area contributed by atoms with Crippen LogP contribution in [0.4, 0.5) is 16.2 Å². The molecular formula is C22H23N3O3. The number of urea groups is 1. The first-order valence-electron chi connectivity index (χ1n) is 9.30. The molecule has 144 valence electrons. The zero-order valence-corrected chi connectivity index (χ0v) is 16.5. The zero-order chi connectivity index (χ0) is 20.2. The van der Waals surface area contributed by atoms with Crippen LogP contribution in [0.25, 0.3) is 0 Å². The maximum Gasteiger partial charge on any atom is 0.335 e. The molecule has 2 heterocycles. The van der Waals surface area contributed by atoms with Crippen LogP contribution in [-0.4, -0.2) is 31.4 Å². The van der Waals surface area contributed by atoms with Gasteiger partial charge in [-0.2, -0.15) is 0 Å². The molecule has 0 radical (unpaired) electrons. The third kappa shape index (κ3) is 2.68. The first kappa shape index (κ1) is 18.2. The van der Waals surface area contributed by atoms with Crippen LogP contribution in [0, 0.1) is 26.2 Å². The van der Waals surface area contributed by atoms with Crippen molar-refractivity contribution in [3.63, 3.8) is 0 Å². The Hall–Kier alpha value is -3.15. The van der Waals surface area contributed by atoms with Crippen LogP contribution in [0.2, 0.25) is 0 Å². The van der Waals surface area contributed by atoms with Crippen LogP contribution in [0.1, 0.15) is 22.3 Å². The van der Waals surface area contributed by atoms with Crippen molar-refractivity contribution in [1.82, 2.24) is 5.32 Å². The minimum absolute atomic E-state index is 0.225. The minimum Gasteiger partial charge on any atom is -0.373 e. The number of barbiturate groups is 1. The van der Waals surface area contributed by atoms with E-state index in [-0.39, 0.29) is 13.0 Å². The number of carbonyl (C=O) groups is 3. The molecule has 0 unspecified atom stereocenters. The molecule has 2 aromatic rings. The maximum absolute atomic E-state index is 13.6. The molecule has 28 heavy (non-hydrogen) atoms. The fourth-order valence-corrected chi connectivity index (χ4v) is 4.38. The van der Waals surface area contributed by atoms with Gasteiger partial charge < -0.3 is 4.90 Å². The first-order valence-corrected chi connectivity index (χ1v) is 9.30. The predicted octanol–water partition coefficient (Wildman–Crippen LogP) is 2.87. The van der Waals surface area contributed by atoms with E-state index in [1.54, 1.807) is 12.1 Å². The third-order valence-electron chi connectivity index (χ3n) is 5.58. The Morgan fingerprint density at radius 3 is 2.29 bits per heavy atom. The molecule has 2 aromatic carbocycles. The number of hydrogen-bond acceptors (Lipinski definition) is 4. The summed E-state index contributed by atoms with van der Waals surface area (Å²) in [5, 5.41) is 2.42. The van der Waals surface area contributed by atoms with Crippen molar-refractivity contribution in [1.29, 1.82) is 0 Å². The van der Waals surface area contributed by atoms with E-state index in [4.69, 9.17) is 0 Å². The number of rotatable bonds is 1. The maximum atomic E-state index is 13.6. The Bertz CT molecular complexity index is 1010. The quantitative estimate of drug-likeness (QED) is 0.776. The highest BCUT2D eigenvalue weighted by Crippen LogP contribution is 2.40. The van der Waals surface area contributed by atoms with Gasteiger partial charge in [0.1, 0.15) is 0 Å². The van der Waals surface area contributed by atoms with Crippen LogP contribution in [0.15, 0.2) is 36.4 Å². The highest BCUT2D eigenvalue weighted by molar-refractivity contribution is 6.30. The van der Waals surface area contributed by atoms with Gasteiger partial charge >= 0.3 is 6.03 Å². The van der Waals surface area contributed by atoms with Gasteiger partial charge in [0.25, 0.3) is 5.91 Å². The van der Waals surface area contributed by atoms with E-state index in [1.165, 1.54) is 0 Å².